The number of hydrogen-bond donors (Lipinski definition) is 1. The van der Waals surface area contributed by atoms with Gasteiger partial charge in [-0.2, -0.15) is 0 Å². The number of nitrogens with one attached hydrogen (secondary N) is 1. The Hall–Kier alpha value is -1.58. The molecule has 114 valence electrons. The molecule has 0 aromatic heterocycles. The molecule has 21 heavy (non-hydrogen) atoms. The van der Waals surface area contributed by atoms with Crippen LogP contribution in [-0.2, 0) is 11.3 Å². The zero-order valence-electron chi connectivity index (χ0n) is 12.8. The Kier molecular flexibility index (Phi) is 6.66. The van der Waals surface area contributed by atoms with E-state index in [1.54, 1.807) is 0 Å². The van der Waals surface area contributed by atoms with Gasteiger partial charge in [-0.1, -0.05) is 49.4 Å². The van der Waals surface area contributed by atoms with E-state index in [0.717, 1.165) is 0 Å². The number of nitrogens with zero attached hydrogens (tertiary/aromatic N) is 1. The minimum Gasteiger partial charge on any atom is -0.341 e. The van der Waals surface area contributed by atoms with E-state index in [0.29, 0.717) is 13.1 Å². The van der Waals surface area contributed by atoms with Crippen molar-refractivity contribution in [2.24, 2.45) is 5.92 Å². The highest BCUT2D eigenvalue weighted by atomic mass is 35.5. The Labute approximate surface area is 132 Å². The summed E-state index contributed by atoms with van der Waals surface area (Å²) in [4.78, 5) is 14.1. The van der Waals surface area contributed by atoms with Crippen LogP contribution in [0.1, 0.15) is 12.5 Å². The second kappa shape index (κ2) is 8.01. The van der Waals surface area contributed by atoms with E-state index < -0.39 is 0 Å². The van der Waals surface area contributed by atoms with Crippen LogP contribution < -0.4 is 5.32 Å². The van der Waals surface area contributed by atoms with Gasteiger partial charge in [-0.05, 0) is 23.4 Å². The summed E-state index contributed by atoms with van der Waals surface area (Å²) in [6.45, 7) is 3.31. The van der Waals surface area contributed by atoms with E-state index in [9.17, 15) is 4.79 Å². The van der Waals surface area contributed by atoms with Gasteiger partial charge in [0.05, 0.1) is 0 Å². The normalized spacial score (nSPS) is 11.8. The van der Waals surface area contributed by atoms with Crippen molar-refractivity contribution in [3.05, 3.63) is 48.0 Å². The third kappa shape index (κ3) is 4.19. The van der Waals surface area contributed by atoms with Crippen molar-refractivity contribution < 1.29 is 4.79 Å². The average molecular weight is 307 g/mol. The molecule has 2 aromatic rings. The standard InChI is InChI=1S/C17H22N2O.ClH/c1-13(11-18-2)17(20)19(3)12-15-9-6-8-14-7-4-5-10-16(14)15;/h4-10,13,18H,11-12H2,1-3H3;1H. The van der Waals surface area contributed by atoms with Crippen LogP contribution in [0.2, 0.25) is 0 Å². The van der Waals surface area contributed by atoms with Crippen LogP contribution >= 0.6 is 12.4 Å². The number of fused-ring (bicyclic) bond motifs is 1. The molecule has 1 unspecified atom stereocenters. The minimum atomic E-state index is -0.0000218. The summed E-state index contributed by atoms with van der Waals surface area (Å²) < 4.78 is 0. The Morgan fingerprint density at radius 3 is 2.57 bits per heavy atom. The Morgan fingerprint density at radius 2 is 1.86 bits per heavy atom. The van der Waals surface area contributed by atoms with Gasteiger partial charge in [0.1, 0.15) is 0 Å². The molecule has 0 saturated carbocycles. The van der Waals surface area contributed by atoms with E-state index in [4.69, 9.17) is 0 Å². The van der Waals surface area contributed by atoms with Gasteiger partial charge in [0.25, 0.3) is 0 Å². The van der Waals surface area contributed by atoms with Crippen LogP contribution in [0.5, 0.6) is 0 Å². The maximum absolute atomic E-state index is 12.3. The van der Waals surface area contributed by atoms with Crippen molar-refractivity contribution in [2.75, 3.05) is 20.6 Å². The molecule has 1 N–H and O–H groups in total. The van der Waals surface area contributed by atoms with Crippen molar-refractivity contribution in [2.45, 2.75) is 13.5 Å². The number of benzene rings is 2. The number of carbonyl (C=O) groups excluding carboxylic acids is 1. The van der Waals surface area contributed by atoms with Gasteiger partial charge in [0.2, 0.25) is 5.91 Å². The fourth-order valence-corrected chi connectivity index (χ4v) is 2.53. The molecular formula is C17H23ClN2O. The summed E-state index contributed by atoms with van der Waals surface area (Å²) in [7, 11) is 3.74. The van der Waals surface area contributed by atoms with Crippen molar-refractivity contribution >= 4 is 29.1 Å². The van der Waals surface area contributed by atoms with Gasteiger partial charge in [0, 0.05) is 26.1 Å². The molecule has 1 amide bonds. The molecule has 3 nitrogen and oxygen atoms in total. The van der Waals surface area contributed by atoms with Crippen molar-refractivity contribution in [1.29, 1.82) is 0 Å². The molecule has 0 saturated heterocycles. The van der Waals surface area contributed by atoms with Crippen LogP contribution in [0.25, 0.3) is 10.8 Å². The quantitative estimate of drug-likeness (QED) is 0.921. The summed E-state index contributed by atoms with van der Waals surface area (Å²) in [5.74, 6) is 0.173. The Balaban J connectivity index is 0.00000220. The van der Waals surface area contributed by atoms with Crippen molar-refractivity contribution in [3.8, 4) is 0 Å². The molecule has 2 aromatic carbocycles. The predicted octanol–water partition coefficient (Wildman–Crippen LogP) is 3.08. The largest absolute Gasteiger partial charge is 0.341 e. The summed E-state index contributed by atoms with van der Waals surface area (Å²) in [5.41, 5.74) is 1.19. The summed E-state index contributed by atoms with van der Waals surface area (Å²) in [6.07, 6.45) is 0. The lowest BCUT2D eigenvalue weighted by atomic mass is 10.0. The predicted molar refractivity (Wildman–Crippen MR) is 90.8 cm³/mol. The number of hydrogen-bond acceptors (Lipinski definition) is 2. The fourth-order valence-electron chi connectivity index (χ4n) is 2.53. The van der Waals surface area contributed by atoms with Gasteiger partial charge in [-0.25, -0.2) is 0 Å². The topological polar surface area (TPSA) is 32.3 Å². The third-order valence-electron chi connectivity index (χ3n) is 3.60. The lowest BCUT2D eigenvalue weighted by Gasteiger charge is -2.22. The van der Waals surface area contributed by atoms with Crippen LogP contribution in [0.3, 0.4) is 0 Å². The lowest BCUT2D eigenvalue weighted by molar-refractivity contribution is -0.134. The van der Waals surface area contributed by atoms with Gasteiger partial charge < -0.3 is 10.2 Å². The maximum atomic E-state index is 12.3. The first-order valence-electron chi connectivity index (χ1n) is 6.99. The van der Waals surface area contributed by atoms with Crippen LogP contribution in [-0.4, -0.2) is 31.4 Å². The van der Waals surface area contributed by atoms with E-state index in [1.807, 2.05) is 44.1 Å². The molecule has 0 heterocycles. The second-order valence-corrected chi connectivity index (χ2v) is 5.29. The van der Waals surface area contributed by atoms with Gasteiger partial charge >= 0.3 is 0 Å². The summed E-state index contributed by atoms with van der Waals surface area (Å²) in [5, 5.41) is 5.48. The molecule has 0 bridgehead atoms. The molecule has 0 radical (unpaired) electrons. The minimum absolute atomic E-state index is 0. The number of rotatable bonds is 5. The Morgan fingerprint density at radius 1 is 1.19 bits per heavy atom. The summed E-state index contributed by atoms with van der Waals surface area (Å²) in [6, 6.07) is 14.5. The highest BCUT2D eigenvalue weighted by Gasteiger charge is 2.17. The second-order valence-electron chi connectivity index (χ2n) is 5.29. The van der Waals surface area contributed by atoms with E-state index in [1.165, 1.54) is 16.3 Å². The number of halogens is 1. The SMILES string of the molecule is CNCC(C)C(=O)N(C)Cc1cccc2ccccc12.Cl. The molecule has 1 atom stereocenters. The zero-order chi connectivity index (χ0) is 14.5. The third-order valence-corrected chi connectivity index (χ3v) is 3.60. The molecule has 0 aliphatic carbocycles. The van der Waals surface area contributed by atoms with Gasteiger partial charge in [0.15, 0.2) is 0 Å². The van der Waals surface area contributed by atoms with E-state index in [2.05, 4.69) is 29.6 Å². The first kappa shape index (κ1) is 17.5. The van der Waals surface area contributed by atoms with Gasteiger partial charge in [-0.3, -0.25) is 4.79 Å². The highest BCUT2D eigenvalue weighted by molar-refractivity contribution is 5.86. The smallest absolute Gasteiger partial charge is 0.226 e. The Bertz CT molecular complexity index is 595. The highest BCUT2D eigenvalue weighted by Crippen LogP contribution is 2.20. The molecular weight excluding hydrogens is 284 g/mol. The molecule has 0 fully saturated rings. The van der Waals surface area contributed by atoms with Crippen molar-refractivity contribution in [3.63, 3.8) is 0 Å². The van der Waals surface area contributed by atoms with Crippen LogP contribution in [0.4, 0.5) is 0 Å². The molecule has 0 spiro atoms. The maximum Gasteiger partial charge on any atom is 0.226 e. The number of amides is 1. The molecule has 0 aliphatic rings. The van der Waals surface area contributed by atoms with Crippen LogP contribution in [0.15, 0.2) is 42.5 Å². The van der Waals surface area contributed by atoms with Gasteiger partial charge in [-0.15, -0.1) is 12.4 Å². The monoisotopic (exact) mass is 306 g/mol. The zero-order valence-corrected chi connectivity index (χ0v) is 13.6. The summed E-state index contributed by atoms with van der Waals surface area (Å²) >= 11 is 0. The lowest BCUT2D eigenvalue weighted by Crippen LogP contribution is -2.35. The molecule has 4 heteroatoms. The van der Waals surface area contributed by atoms with Crippen LogP contribution in [0, 0.1) is 5.92 Å². The first-order valence-corrected chi connectivity index (χ1v) is 6.99. The molecule has 0 aliphatic heterocycles. The molecule has 2 rings (SSSR count). The van der Waals surface area contributed by atoms with E-state index >= 15 is 0 Å². The number of carbonyl (C=O) groups is 1. The van der Waals surface area contributed by atoms with Crippen molar-refractivity contribution in [1.82, 2.24) is 10.2 Å². The average Bonchev–Trinajstić information content (AvgIpc) is 2.47. The van der Waals surface area contributed by atoms with E-state index in [-0.39, 0.29) is 24.2 Å². The first-order chi connectivity index (χ1) is 9.63. The fraction of sp³-hybridized carbons (Fsp3) is 0.353.